The van der Waals surface area contributed by atoms with Crippen LogP contribution in [0.2, 0.25) is 0 Å². The zero-order valence-corrected chi connectivity index (χ0v) is 8.97. The minimum atomic E-state index is -0.502. The lowest BCUT2D eigenvalue weighted by atomic mass is 10.0. The van der Waals surface area contributed by atoms with Crippen molar-refractivity contribution >= 4 is 0 Å². The molecule has 3 nitrogen and oxygen atoms in total. The molecule has 0 heterocycles. The molecule has 0 saturated carbocycles. The van der Waals surface area contributed by atoms with E-state index in [-0.39, 0.29) is 0 Å². The molecule has 84 valence electrons. The lowest BCUT2D eigenvalue weighted by molar-refractivity contribution is 0.0461. The predicted molar refractivity (Wildman–Crippen MR) is 58.5 cm³/mol. The van der Waals surface area contributed by atoms with Gasteiger partial charge in [0.1, 0.15) is 0 Å². The Morgan fingerprint density at radius 3 is 2.40 bits per heavy atom. The molecule has 1 aromatic rings. The van der Waals surface area contributed by atoms with Crippen molar-refractivity contribution in [3.05, 3.63) is 35.9 Å². The summed E-state index contributed by atoms with van der Waals surface area (Å²) in [6, 6.07) is 9.46. The first kappa shape index (κ1) is 12.2. The molecule has 15 heavy (non-hydrogen) atoms. The number of benzene rings is 1. The highest BCUT2D eigenvalue weighted by molar-refractivity contribution is 5.17. The third-order valence-corrected chi connectivity index (χ3v) is 2.32. The second kappa shape index (κ2) is 6.56. The van der Waals surface area contributed by atoms with Gasteiger partial charge in [-0.25, -0.2) is 0 Å². The Morgan fingerprint density at radius 2 is 1.80 bits per heavy atom. The maximum atomic E-state index is 9.79. The highest BCUT2D eigenvalue weighted by Gasteiger charge is 2.10. The molecule has 0 aromatic heterocycles. The van der Waals surface area contributed by atoms with Crippen LogP contribution in [0.5, 0.6) is 0 Å². The van der Waals surface area contributed by atoms with Gasteiger partial charge in [0.25, 0.3) is 0 Å². The van der Waals surface area contributed by atoms with Gasteiger partial charge in [0, 0.05) is 7.11 Å². The number of methoxy groups -OCH3 is 1. The van der Waals surface area contributed by atoms with E-state index in [1.54, 1.807) is 7.11 Å². The molecule has 0 saturated heterocycles. The summed E-state index contributed by atoms with van der Waals surface area (Å²) in [5, 5.41) is 19.2. The second-order valence-electron chi connectivity index (χ2n) is 3.61. The van der Waals surface area contributed by atoms with E-state index in [1.165, 1.54) is 0 Å². The highest BCUT2D eigenvalue weighted by Crippen LogP contribution is 2.18. The van der Waals surface area contributed by atoms with Crippen molar-refractivity contribution in [2.24, 2.45) is 0 Å². The molecule has 2 atom stereocenters. The number of hydrogen-bond donors (Lipinski definition) is 2. The van der Waals surface area contributed by atoms with Gasteiger partial charge in [-0.15, -0.1) is 0 Å². The molecular formula is C12H18O3. The van der Waals surface area contributed by atoms with Gasteiger partial charge in [-0.05, 0) is 18.4 Å². The summed E-state index contributed by atoms with van der Waals surface area (Å²) < 4.78 is 4.81. The van der Waals surface area contributed by atoms with Gasteiger partial charge < -0.3 is 14.9 Å². The topological polar surface area (TPSA) is 49.7 Å². The van der Waals surface area contributed by atoms with Crippen molar-refractivity contribution in [2.45, 2.75) is 25.0 Å². The van der Waals surface area contributed by atoms with Crippen LogP contribution in [-0.2, 0) is 4.74 Å². The first-order chi connectivity index (χ1) is 7.24. The SMILES string of the molecule is COCC(O)CCC(O)c1ccccc1. The minimum absolute atomic E-state index is 0.321. The lowest BCUT2D eigenvalue weighted by Gasteiger charge is -2.13. The van der Waals surface area contributed by atoms with E-state index in [0.29, 0.717) is 19.4 Å². The quantitative estimate of drug-likeness (QED) is 0.748. The summed E-state index contributed by atoms with van der Waals surface area (Å²) in [6.07, 6.45) is 0.101. The normalized spacial score (nSPS) is 14.9. The van der Waals surface area contributed by atoms with Gasteiger partial charge in [-0.1, -0.05) is 30.3 Å². The Hall–Kier alpha value is -0.900. The number of rotatable bonds is 6. The molecule has 0 amide bonds. The van der Waals surface area contributed by atoms with Gasteiger partial charge >= 0.3 is 0 Å². The molecule has 1 rings (SSSR count). The van der Waals surface area contributed by atoms with Crippen LogP contribution >= 0.6 is 0 Å². The van der Waals surface area contributed by atoms with Gasteiger partial charge in [0.15, 0.2) is 0 Å². The molecule has 0 aliphatic rings. The van der Waals surface area contributed by atoms with Gasteiger partial charge in [-0.2, -0.15) is 0 Å². The van der Waals surface area contributed by atoms with Crippen LogP contribution in [-0.4, -0.2) is 30.0 Å². The molecule has 0 aliphatic heterocycles. The van der Waals surface area contributed by atoms with Crippen molar-refractivity contribution in [1.29, 1.82) is 0 Å². The predicted octanol–water partition coefficient (Wildman–Crippen LogP) is 1.51. The van der Waals surface area contributed by atoms with E-state index in [9.17, 15) is 10.2 Å². The number of ether oxygens (including phenoxy) is 1. The third-order valence-electron chi connectivity index (χ3n) is 2.32. The van der Waals surface area contributed by atoms with Crippen LogP contribution in [0.25, 0.3) is 0 Å². The van der Waals surface area contributed by atoms with Gasteiger partial charge in [-0.3, -0.25) is 0 Å². The molecule has 2 unspecified atom stereocenters. The first-order valence-electron chi connectivity index (χ1n) is 5.14. The summed E-state index contributed by atoms with van der Waals surface area (Å²) in [5.41, 5.74) is 0.891. The van der Waals surface area contributed by atoms with Crippen molar-refractivity contribution < 1.29 is 14.9 Å². The van der Waals surface area contributed by atoms with E-state index in [0.717, 1.165) is 5.56 Å². The van der Waals surface area contributed by atoms with Crippen LogP contribution < -0.4 is 0 Å². The maximum absolute atomic E-state index is 9.79. The molecule has 0 fully saturated rings. The Bertz CT molecular complexity index is 261. The average molecular weight is 210 g/mol. The molecule has 0 spiro atoms. The maximum Gasteiger partial charge on any atom is 0.0791 e. The fourth-order valence-electron chi connectivity index (χ4n) is 1.47. The molecule has 0 aliphatic carbocycles. The number of aliphatic hydroxyl groups excluding tert-OH is 2. The van der Waals surface area contributed by atoms with Crippen LogP contribution in [0.15, 0.2) is 30.3 Å². The summed E-state index contributed by atoms with van der Waals surface area (Å²) in [6.45, 7) is 0.321. The standard InChI is InChI=1S/C12H18O3/c1-15-9-11(13)7-8-12(14)10-5-3-2-4-6-10/h2-6,11-14H,7-9H2,1H3. The second-order valence-corrected chi connectivity index (χ2v) is 3.61. The van der Waals surface area contributed by atoms with Crippen molar-refractivity contribution in [2.75, 3.05) is 13.7 Å². The minimum Gasteiger partial charge on any atom is -0.391 e. The van der Waals surface area contributed by atoms with Crippen molar-refractivity contribution in [1.82, 2.24) is 0 Å². The fourth-order valence-corrected chi connectivity index (χ4v) is 1.47. The summed E-state index contributed by atoms with van der Waals surface area (Å²) in [4.78, 5) is 0. The summed E-state index contributed by atoms with van der Waals surface area (Å²) >= 11 is 0. The van der Waals surface area contributed by atoms with Gasteiger partial charge in [0.2, 0.25) is 0 Å². The molecule has 0 bridgehead atoms. The number of aliphatic hydroxyl groups is 2. The summed E-state index contributed by atoms with van der Waals surface area (Å²) in [5.74, 6) is 0. The Balaban J connectivity index is 2.33. The van der Waals surface area contributed by atoms with E-state index < -0.39 is 12.2 Å². The Labute approximate surface area is 90.3 Å². The molecule has 2 N–H and O–H groups in total. The van der Waals surface area contributed by atoms with Crippen LogP contribution in [0.1, 0.15) is 24.5 Å². The largest absolute Gasteiger partial charge is 0.391 e. The zero-order chi connectivity index (χ0) is 11.1. The fraction of sp³-hybridized carbons (Fsp3) is 0.500. The first-order valence-corrected chi connectivity index (χ1v) is 5.14. The van der Waals surface area contributed by atoms with Gasteiger partial charge in [0.05, 0.1) is 18.8 Å². The van der Waals surface area contributed by atoms with E-state index >= 15 is 0 Å². The third kappa shape index (κ3) is 4.42. The number of hydrogen-bond acceptors (Lipinski definition) is 3. The summed E-state index contributed by atoms with van der Waals surface area (Å²) in [7, 11) is 1.55. The molecule has 0 radical (unpaired) electrons. The van der Waals surface area contributed by atoms with E-state index in [4.69, 9.17) is 4.74 Å². The van der Waals surface area contributed by atoms with Crippen molar-refractivity contribution in [3.8, 4) is 0 Å². The Morgan fingerprint density at radius 1 is 1.13 bits per heavy atom. The van der Waals surface area contributed by atoms with Crippen LogP contribution in [0.4, 0.5) is 0 Å². The monoisotopic (exact) mass is 210 g/mol. The molecule has 3 heteroatoms. The zero-order valence-electron chi connectivity index (χ0n) is 8.97. The van der Waals surface area contributed by atoms with Crippen molar-refractivity contribution in [3.63, 3.8) is 0 Å². The lowest BCUT2D eigenvalue weighted by Crippen LogP contribution is -2.15. The molecular weight excluding hydrogens is 192 g/mol. The van der Waals surface area contributed by atoms with E-state index in [1.807, 2.05) is 30.3 Å². The van der Waals surface area contributed by atoms with Crippen LogP contribution in [0.3, 0.4) is 0 Å². The van der Waals surface area contributed by atoms with E-state index in [2.05, 4.69) is 0 Å². The highest BCUT2D eigenvalue weighted by atomic mass is 16.5. The van der Waals surface area contributed by atoms with Crippen LogP contribution in [0, 0.1) is 0 Å². The smallest absolute Gasteiger partial charge is 0.0791 e. The molecule has 1 aromatic carbocycles. The average Bonchev–Trinajstić information content (AvgIpc) is 2.27. The Kier molecular flexibility index (Phi) is 5.32.